The van der Waals surface area contributed by atoms with Gasteiger partial charge in [-0.15, -0.1) is 0 Å². The molecular formula is C17H21N3O3S. The smallest absolute Gasteiger partial charge is 0.262 e. The number of benzene rings is 1. The molecule has 128 valence electrons. The molecule has 0 radical (unpaired) electrons. The average molecular weight is 347 g/mol. The Morgan fingerprint density at radius 2 is 1.88 bits per heavy atom. The van der Waals surface area contributed by atoms with Crippen LogP contribution in [0.15, 0.2) is 35.2 Å². The molecule has 0 spiro atoms. The average Bonchev–Trinajstić information content (AvgIpc) is 2.79. The van der Waals surface area contributed by atoms with Gasteiger partial charge in [0.05, 0.1) is 12.0 Å². The lowest BCUT2D eigenvalue weighted by Crippen LogP contribution is -2.16. The maximum absolute atomic E-state index is 12.6. The van der Waals surface area contributed by atoms with Crippen molar-refractivity contribution in [1.82, 2.24) is 10.3 Å². The van der Waals surface area contributed by atoms with Crippen molar-refractivity contribution in [3.63, 3.8) is 0 Å². The Morgan fingerprint density at radius 1 is 1.17 bits per heavy atom. The second-order valence-corrected chi connectivity index (χ2v) is 7.50. The third-order valence-electron chi connectivity index (χ3n) is 4.03. The first-order valence-corrected chi connectivity index (χ1v) is 9.35. The quantitative estimate of drug-likeness (QED) is 0.883. The van der Waals surface area contributed by atoms with Gasteiger partial charge in [-0.25, -0.2) is 13.4 Å². The Hall–Kier alpha value is -2.12. The molecule has 1 aromatic heterocycles. The maximum atomic E-state index is 12.6. The minimum absolute atomic E-state index is 0.215. The van der Waals surface area contributed by atoms with E-state index in [1.54, 1.807) is 24.3 Å². The standard InChI is InChI=1S/C17H21N3O3S/c1-12-3-5-14(6-4-12)24(21,22)20-16-11-13-7-9-18-10-8-15(13)19-17(16)23-2/h3-6,11,18,20H,7-10H2,1-2H3. The number of aromatic nitrogens is 1. The number of fused-ring (bicyclic) bond motifs is 1. The van der Waals surface area contributed by atoms with E-state index in [1.165, 1.54) is 7.11 Å². The summed E-state index contributed by atoms with van der Waals surface area (Å²) in [6.45, 7) is 3.63. The lowest BCUT2D eigenvalue weighted by molar-refractivity contribution is 0.398. The van der Waals surface area contributed by atoms with E-state index in [1.807, 2.05) is 13.0 Å². The topological polar surface area (TPSA) is 80.3 Å². The molecule has 2 heterocycles. The number of rotatable bonds is 4. The van der Waals surface area contributed by atoms with Gasteiger partial charge in [-0.2, -0.15) is 0 Å². The number of hydrogen-bond acceptors (Lipinski definition) is 5. The number of nitrogens with one attached hydrogen (secondary N) is 2. The zero-order chi connectivity index (χ0) is 17.2. The molecule has 0 saturated heterocycles. The normalized spacial score (nSPS) is 14.6. The van der Waals surface area contributed by atoms with Crippen LogP contribution in [0, 0.1) is 6.92 Å². The molecule has 0 bridgehead atoms. The van der Waals surface area contributed by atoms with Crippen LogP contribution < -0.4 is 14.8 Å². The molecule has 7 heteroatoms. The molecule has 1 aliphatic rings. The van der Waals surface area contributed by atoms with Gasteiger partial charge in [0.2, 0.25) is 5.88 Å². The Morgan fingerprint density at radius 3 is 2.58 bits per heavy atom. The molecule has 0 fully saturated rings. The van der Waals surface area contributed by atoms with Crippen LogP contribution in [-0.2, 0) is 22.9 Å². The number of anilines is 1. The van der Waals surface area contributed by atoms with Crippen LogP contribution in [0.4, 0.5) is 5.69 Å². The largest absolute Gasteiger partial charge is 0.479 e. The van der Waals surface area contributed by atoms with E-state index in [0.717, 1.165) is 42.8 Å². The number of nitrogens with zero attached hydrogens (tertiary/aromatic N) is 1. The highest BCUT2D eigenvalue weighted by Crippen LogP contribution is 2.28. The van der Waals surface area contributed by atoms with E-state index >= 15 is 0 Å². The highest BCUT2D eigenvalue weighted by molar-refractivity contribution is 7.92. The molecule has 3 rings (SSSR count). The predicted molar refractivity (Wildman–Crippen MR) is 93.1 cm³/mol. The third-order valence-corrected chi connectivity index (χ3v) is 5.42. The van der Waals surface area contributed by atoms with E-state index < -0.39 is 10.0 Å². The fourth-order valence-electron chi connectivity index (χ4n) is 2.71. The highest BCUT2D eigenvalue weighted by Gasteiger charge is 2.20. The van der Waals surface area contributed by atoms with Crippen molar-refractivity contribution >= 4 is 15.7 Å². The molecule has 0 amide bonds. The first kappa shape index (κ1) is 16.7. The van der Waals surface area contributed by atoms with Crippen LogP contribution in [-0.4, -0.2) is 33.6 Å². The summed E-state index contributed by atoms with van der Waals surface area (Å²) in [7, 11) is -2.19. The van der Waals surface area contributed by atoms with Crippen molar-refractivity contribution in [2.45, 2.75) is 24.7 Å². The molecule has 2 aromatic rings. The summed E-state index contributed by atoms with van der Waals surface area (Å²) in [6.07, 6.45) is 1.61. The number of ether oxygens (including phenoxy) is 1. The molecule has 2 N–H and O–H groups in total. The van der Waals surface area contributed by atoms with Crippen molar-refractivity contribution in [1.29, 1.82) is 0 Å². The molecule has 0 saturated carbocycles. The van der Waals surface area contributed by atoms with Gasteiger partial charge in [0.25, 0.3) is 10.0 Å². The fraction of sp³-hybridized carbons (Fsp3) is 0.353. The SMILES string of the molecule is COc1nc2c(cc1NS(=O)(=O)c1ccc(C)cc1)CCNCC2. The summed E-state index contributed by atoms with van der Waals surface area (Å²) < 4.78 is 33.1. The van der Waals surface area contributed by atoms with Crippen LogP contribution in [0.2, 0.25) is 0 Å². The molecular weight excluding hydrogens is 326 g/mol. The van der Waals surface area contributed by atoms with E-state index in [0.29, 0.717) is 11.6 Å². The minimum atomic E-state index is -3.68. The molecule has 1 aromatic carbocycles. The lowest BCUT2D eigenvalue weighted by Gasteiger charge is -2.14. The monoisotopic (exact) mass is 347 g/mol. The Bertz CT molecular complexity index is 833. The molecule has 0 unspecified atom stereocenters. The molecule has 24 heavy (non-hydrogen) atoms. The Labute approximate surface area is 142 Å². The second kappa shape index (κ2) is 6.78. The summed E-state index contributed by atoms with van der Waals surface area (Å²) in [6, 6.07) is 8.55. The molecule has 0 atom stereocenters. The Kier molecular flexibility index (Phi) is 4.73. The van der Waals surface area contributed by atoms with Crippen molar-refractivity contribution in [3.05, 3.63) is 47.2 Å². The third kappa shape index (κ3) is 3.52. The molecule has 1 aliphatic heterocycles. The summed E-state index contributed by atoms with van der Waals surface area (Å²) in [4.78, 5) is 4.71. The first-order chi connectivity index (χ1) is 11.5. The van der Waals surface area contributed by atoms with Crippen molar-refractivity contribution in [2.24, 2.45) is 0 Å². The highest BCUT2D eigenvalue weighted by atomic mass is 32.2. The number of hydrogen-bond donors (Lipinski definition) is 2. The molecule has 6 nitrogen and oxygen atoms in total. The van der Waals surface area contributed by atoms with Gasteiger partial charge in [-0.05, 0) is 43.7 Å². The summed E-state index contributed by atoms with van der Waals surface area (Å²) >= 11 is 0. The Balaban J connectivity index is 1.96. The van der Waals surface area contributed by atoms with E-state index in [2.05, 4.69) is 15.0 Å². The van der Waals surface area contributed by atoms with Crippen LogP contribution in [0.3, 0.4) is 0 Å². The first-order valence-electron chi connectivity index (χ1n) is 7.86. The lowest BCUT2D eigenvalue weighted by atomic mass is 10.1. The van der Waals surface area contributed by atoms with Crippen LogP contribution in [0.1, 0.15) is 16.8 Å². The van der Waals surface area contributed by atoms with Crippen molar-refractivity contribution in [2.75, 3.05) is 24.9 Å². The number of pyridine rings is 1. The van der Waals surface area contributed by atoms with Gasteiger partial charge in [-0.1, -0.05) is 17.7 Å². The zero-order valence-corrected chi connectivity index (χ0v) is 14.6. The second-order valence-electron chi connectivity index (χ2n) is 5.82. The van der Waals surface area contributed by atoms with E-state index in [9.17, 15) is 8.42 Å². The fourth-order valence-corrected chi connectivity index (χ4v) is 3.76. The van der Waals surface area contributed by atoms with Gasteiger partial charge in [-0.3, -0.25) is 4.72 Å². The van der Waals surface area contributed by atoms with Crippen LogP contribution >= 0.6 is 0 Å². The van der Waals surface area contributed by atoms with Gasteiger partial charge < -0.3 is 10.1 Å². The van der Waals surface area contributed by atoms with E-state index in [4.69, 9.17) is 4.74 Å². The van der Waals surface area contributed by atoms with Gasteiger partial charge in [0.1, 0.15) is 5.69 Å². The molecule has 0 aliphatic carbocycles. The van der Waals surface area contributed by atoms with E-state index in [-0.39, 0.29) is 4.90 Å². The van der Waals surface area contributed by atoms with Gasteiger partial charge in [0.15, 0.2) is 0 Å². The van der Waals surface area contributed by atoms with Gasteiger partial charge >= 0.3 is 0 Å². The minimum Gasteiger partial charge on any atom is -0.479 e. The van der Waals surface area contributed by atoms with Gasteiger partial charge in [0, 0.05) is 18.7 Å². The number of aryl methyl sites for hydroxylation is 1. The summed E-state index contributed by atoms with van der Waals surface area (Å²) in [5, 5.41) is 3.31. The zero-order valence-electron chi connectivity index (χ0n) is 13.8. The number of sulfonamides is 1. The van der Waals surface area contributed by atoms with Crippen molar-refractivity contribution in [3.8, 4) is 5.88 Å². The van der Waals surface area contributed by atoms with Crippen LogP contribution in [0.5, 0.6) is 5.88 Å². The van der Waals surface area contributed by atoms with Crippen LogP contribution in [0.25, 0.3) is 0 Å². The van der Waals surface area contributed by atoms with Crippen molar-refractivity contribution < 1.29 is 13.2 Å². The predicted octanol–water partition coefficient (Wildman–Crippen LogP) is 1.89. The number of methoxy groups -OCH3 is 1. The summed E-state index contributed by atoms with van der Waals surface area (Å²) in [5.41, 5.74) is 3.38. The summed E-state index contributed by atoms with van der Waals surface area (Å²) in [5.74, 6) is 0.298. The maximum Gasteiger partial charge on any atom is 0.262 e.